The Morgan fingerprint density at radius 2 is 2.00 bits per heavy atom. The Bertz CT molecular complexity index is 939. The summed E-state index contributed by atoms with van der Waals surface area (Å²) in [5.74, 6) is -0.0409. The third-order valence-electron chi connectivity index (χ3n) is 4.61. The van der Waals surface area contributed by atoms with Gasteiger partial charge in [-0.25, -0.2) is 4.98 Å². The molecule has 0 aliphatic rings. The summed E-state index contributed by atoms with van der Waals surface area (Å²) in [7, 11) is 1.94. The molecule has 0 saturated heterocycles. The lowest BCUT2D eigenvalue weighted by atomic mass is 10.3. The molecule has 3 heterocycles. The number of fused-ring (bicyclic) bond motifs is 1. The Kier molecular flexibility index (Phi) is 5.08. The van der Waals surface area contributed by atoms with Gasteiger partial charge in [0.1, 0.15) is 5.65 Å². The molecule has 0 aromatic carbocycles. The first kappa shape index (κ1) is 18.1. The number of carbonyl (C=O) groups excluding carboxylic acids is 1. The Hall–Kier alpha value is -2.67. The fourth-order valence-electron chi connectivity index (χ4n) is 3.28. The van der Waals surface area contributed by atoms with Crippen LogP contribution in [0.3, 0.4) is 0 Å². The minimum atomic E-state index is -0.0409. The number of nitrogens with zero attached hydrogens (tertiary/aromatic N) is 5. The van der Waals surface area contributed by atoms with Crippen LogP contribution in [0.4, 0.5) is 5.69 Å². The van der Waals surface area contributed by atoms with Gasteiger partial charge in [0.05, 0.1) is 35.0 Å². The number of aromatic nitrogens is 4. The molecule has 0 aliphatic carbocycles. The van der Waals surface area contributed by atoms with Crippen LogP contribution in [-0.4, -0.2) is 43.6 Å². The quantitative estimate of drug-likeness (QED) is 0.739. The van der Waals surface area contributed by atoms with Gasteiger partial charge in [0.15, 0.2) is 0 Å². The number of amides is 1. The smallest absolute Gasteiger partial charge is 0.238 e. The highest BCUT2D eigenvalue weighted by molar-refractivity contribution is 5.93. The monoisotopic (exact) mass is 354 g/mol. The number of rotatable bonds is 6. The summed E-state index contributed by atoms with van der Waals surface area (Å²) in [5.41, 5.74) is 5.66. The van der Waals surface area contributed by atoms with Crippen molar-refractivity contribution >= 4 is 17.2 Å². The topological polar surface area (TPSA) is 67.5 Å². The van der Waals surface area contributed by atoms with Gasteiger partial charge in [-0.05, 0) is 46.9 Å². The van der Waals surface area contributed by atoms with Crippen molar-refractivity contribution in [1.29, 1.82) is 0 Å². The maximum absolute atomic E-state index is 12.5. The van der Waals surface area contributed by atoms with E-state index in [0.29, 0.717) is 13.1 Å². The second-order valence-corrected chi connectivity index (χ2v) is 6.65. The molecule has 3 rings (SSSR count). The van der Waals surface area contributed by atoms with Gasteiger partial charge < -0.3 is 9.72 Å². The third-order valence-corrected chi connectivity index (χ3v) is 4.61. The van der Waals surface area contributed by atoms with E-state index in [1.54, 1.807) is 0 Å². The summed E-state index contributed by atoms with van der Waals surface area (Å²) in [6, 6.07) is 5.95. The average molecular weight is 354 g/mol. The zero-order chi connectivity index (χ0) is 18.8. The predicted octanol–water partition coefficient (Wildman–Crippen LogP) is 2.55. The fourth-order valence-corrected chi connectivity index (χ4v) is 3.28. The van der Waals surface area contributed by atoms with Crippen LogP contribution in [0, 0.1) is 20.8 Å². The summed E-state index contributed by atoms with van der Waals surface area (Å²) in [5, 5.41) is 7.45. The van der Waals surface area contributed by atoms with E-state index in [9.17, 15) is 4.79 Å². The number of nitrogens with one attached hydrogen (secondary N) is 1. The van der Waals surface area contributed by atoms with Gasteiger partial charge in [-0.1, -0.05) is 6.07 Å². The van der Waals surface area contributed by atoms with E-state index in [-0.39, 0.29) is 5.91 Å². The summed E-state index contributed by atoms with van der Waals surface area (Å²) in [6.07, 6.45) is 2.00. The number of likely N-dealkylation sites (N-methyl/N-ethyl adjacent to an activating group) is 1. The average Bonchev–Trinajstić information content (AvgIpc) is 3.05. The van der Waals surface area contributed by atoms with E-state index < -0.39 is 0 Å². The van der Waals surface area contributed by atoms with Crippen LogP contribution < -0.4 is 5.32 Å². The van der Waals surface area contributed by atoms with Crippen molar-refractivity contribution in [3.8, 4) is 0 Å². The highest BCUT2D eigenvalue weighted by Crippen LogP contribution is 2.19. The molecular weight excluding hydrogens is 328 g/mol. The van der Waals surface area contributed by atoms with Crippen molar-refractivity contribution in [2.75, 3.05) is 18.9 Å². The van der Waals surface area contributed by atoms with Crippen LogP contribution in [0.5, 0.6) is 0 Å². The Balaban J connectivity index is 1.68. The first-order chi connectivity index (χ1) is 12.4. The van der Waals surface area contributed by atoms with Gasteiger partial charge in [0.25, 0.3) is 0 Å². The lowest BCUT2D eigenvalue weighted by molar-refractivity contribution is -0.117. The molecule has 1 N–H and O–H groups in total. The molecule has 0 atom stereocenters. The molecule has 0 radical (unpaired) electrons. The first-order valence-corrected chi connectivity index (χ1v) is 8.85. The fraction of sp³-hybridized carbons (Fsp3) is 0.421. The lowest BCUT2D eigenvalue weighted by Crippen LogP contribution is -2.30. The number of imidazole rings is 1. The number of carbonyl (C=O) groups is 1. The van der Waals surface area contributed by atoms with Crippen LogP contribution in [0.15, 0.2) is 24.4 Å². The summed E-state index contributed by atoms with van der Waals surface area (Å²) >= 11 is 0. The second kappa shape index (κ2) is 7.29. The van der Waals surface area contributed by atoms with Gasteiger partial charge in [0, 0.05) is 19.3 Å². The zero-order valence-electron chi connectivity index (χ0n) is 16.1. The van der Waals surface area contributed by atoms with Crippen LogP contribution in [0.25, 0.3) is 5.65 Å². The minimum absolute atomic E-state index is 0.0409. The first-order valence-electron chi connectivity index (χ1n) is 8.85. The van der Waals surface area contributed by atoms with E-state index in [1.165, 1.54) is 0 Å². The van der Waals surface area contributed by atoms with Crippen LogP contribution >= 0.6 is 0 Å². The maximum Gasteiger partial charge on any atom is 0.238 e. The number of pyridine rings is 1. The minimum Gasteiger partial charge on any atom is -0.322 e. The lowest BCUT2D eigenvalue weighted by Gasteiger charge is -2.17. The maximum atomic E-state index is 12.5. The molecule has 0 aliphatic heterocycles. The number of hydrogen-bond donors (Lipinski definition) is 1. The molecule has 0 spiro atoms. The standard InChI is InChI=1S/C19H26N6O/c1-6-25-15(4)19(14(3)22-25)21-18(26)12-23(5)11-16-13(2)20-17-9-7-8-10-24(16)17/h7-10H,6,11-12H2,1-5H3,(H,21,26). The number of hydrogen-bond acceptors (Lipinski definition) is 4. The van der Waals surface area contributed by atoms with E-state index in [2.05, 4.69) is 19.8 Å². The van der Waals surface area contributed by atoms with E-state index in [0.717, 1.165) is 40.7 Å². The molecule has 0 saturated carbocycles. The Morgan fingerprint density at radius 3 is 2.69 bits per heavy atom. The summed E-state index contributed by atoms with van der Waals surface area (Å²) < 4.78 is 3.97. The molecule has 0 unspecified atom stereocenters. The largest absolute Gasteiger partial charge is 0.322 e. The predicted molar refractivity (Wildman–Crippen MR) is 102 cm³/mol. The zero-order valence-corrected chi connectivity index (χ0v) is 16.1. The van der Waals surface area contributed by atoms with Crippen molar-refractivity contribution < 1.29 is 4.79 Å². The summed E-state index contributed by atoms with van der Waals surface area (Å²) in [4.78, 5) is 19.1. The van der Waals surface area contributed by atoms with E-state index in [1.807, 2.05) is 68.7 Å². The molecule has 0 bridgehead atoms. The number of aryl methyl sites for hydroxylation is 3. The third kappa shape index (κ3) is 3.48. The van der Waals surface area contributed by atoms with Crippen LogP contribution in [-0.2, 0) is 17.9 Å². The van der Waals surface area contributed by atoms with Crippen molar-refractivity contribution in [2.45, 2.75) is 40.8 Å². The molecule has 7 nitrogen and oxygen atoms in total. The molecule has 1 amide bonds. The van der Waals surface area contributed by atoms with Gasteiger partial charge in [0.2, 0.25) is 5.91 Å². The van der Waals surface area contributed by atoms with Crippen molar-refractivity contribution in [3.05, 3.63) is 47.2 Å². The van der Waals surface area contributed by atoms with Crippen molar-refractivity contribution in [1.82, 2.24) is 24.1 Å². The van der Waals surface area contributed by atoms with E-state index >= 15 is 0 Å². The Morgan fingerprint density at radius 1 is 1.23 bits per heavy atom. The van der Waals surface area contributed by atoms with Crippen molar-refractivity contribution in [2.24, 2.45) is 0 Å². The highest BCUT2D eigenvalue weighted by atomic mass is 16.2. The molecule has 138 valence electrons. The summed E-state index contributed by atoms with van der Waals surface area (Å²) in [6.45, 7) is 9.67. The van der Waals surface area contributed by atoms with Crippen LogP contribution in [0.2, 0.25) is 0 Å². The normalized spacial score (nSPS) is 11.5. The molecule has 3 aromatic rings. The SMILES string of the molecule is CCn1nc(C)c(NC(=O)CN(C)Cc2c(C)nc3ccccn23)c1C. The molecule has 0 fully saturated rings. The van der Waals surface area contributed by atoms with E-state index in [4.69, 9.17) is 0 Å². The van der Waals surface area contributed by atoms with Gasteiger partial charge in [-0.15, -0.1) is 0 Å². The molecular formula is C19H26N6O. The van der Waals surface area contributed by atoms with Gasteiger partial charge >= 0.3 is 0 Å². The highest BCUT2D eigenvalue weighted by Gasteiger charge is 2.16. The molecule has 7 heteroatoms. The second-order valence-electron chi connectivity index (χ2n) is 6.65. The van der Waals surface area contributed by atoms with Crippen LogP contribution in [0.1, 0.15) is 29.7 Å². The molecule has 3 aromatic heterocycles. The Labute approximate surface area is 153 Å². The van der Waals surface area contributed by atoms with Gasteiger partial charge in [-0.2, -0.15) is 5.10 Å². The number of anilines is 1. The van der Waals surface area contributed by atoms with Crippen molar-refractivity contribution in [3.63, 3.8) is 0 Å². The van der Waals surface area contributed by atoms with Gasteiger partial charge in [-0.3, -0.25) is 14.4 Å². The molecule has 26 heavy (non-hydrogen) atoms.